The molecule has 0 unspecified atom stereocenters. The summed E-state index contributed by atoms with van der Waals surface area (Å²) in [6.07, 6.45) is 5.54. The molecule has 2 aromatic rings. The van der Waals surface area contributed by atoms with Crippen LogP contribution >= 0.6 is 0 Å². The van der Waals surface area contributed by atoms with E-state index in [0.29, 0.717) is 24.7 Å². The molecule has 0 radical (unpaired) electrons. The summed E-state index contributed by atoms with van der Waals surface area (Å²) in [5.74, 6) is 1.12. The number of nitrogens with zero attached hydrogens (tertiary/aromatic N) is 3. The number of hydrogen-bond donors (Lipinski definition) is 2. The highest BCUT2D eigenvalue weighted by Gasteiger charge is 2.15. The number of imidazole rings is 1. The summed E-state index contributed by atoms with van der Waals surface area (Å²) in [6, 6.07) is -0.311. The van der Waals surface area contributed by atoms with Crippen LogP contribution in [0.25, 0.3) is 0 Å². The first kappa shape index (κ1) is 12.7. The number of nitrogens with two attached hydrogens (primary N) is 1. The molecule has 1 atom stereocenters. The van der Waals surface area contributed by atoms with Gasteiger partial charge in [-0.2, -0.15) is 4.98 Å². The van der Waals surface area contributed by atoms with Crippen LogP contribution in [0.3, 0.4) is 0 Å². The second-order valence-corrected chi connectivity index (χ2v) is 4.03. The van der Waals surface area contributed by atoms with E-state index in [2.05, 4.69) is 20.1 Å². The molecule has 7 nitrogen and oxygen atoms in total. The third-order valence-electron chi connectivity index (χ3n) is 2.54. The zero-order valence-electron chi connectivity index (χ0n) is 10.3. The molecule has 7 heteroatoms. The van der Waals surface area contributed by atoms with Gasteiger partial charge in [0.1, 0.15) is 0 Å². The average Bonchev–Trinajstić information content (AvgIpc) is 3.00. The Kier molecular flexibility index (Phi) is 4.43. The van der Waals surface area contributed by atoms with Crippen molar-refractivity contribution in [2.24, 2.45) is 5.73 Å². The second kappa shape index (κ2) is 6.27. The molecule has 98 valence electrons. The molecular formula is C11H17N5O2. The van der Waals surface area contributed by atoms with Crippen LogP contribution in [0, 0.1) is 0 Å². The highest BCUT2D eigenvalue weighted by molar-refractivity contribution is 5.02. The van der Waals surface area contributed by atoms with Gasteiger partial charge in [-0.3, -0.25) is 0 Å². The fourth-order valence-corrected chi connectivity index (χ4v) is 1.61. The van der Waals surface area contributed by atoms with Crippen LogP contribution in [0.15, 0.2) is 17.0 Å². The van der Waals surface area contributed by atoms with Gasteiger partial charge in [0.25, 0.3) is 0 Å². The predicted molar refractivity (Wildman–Crippen MR) is 63.7 cm³/mol. The number of nitrogens with one attached hydrogen (secondary N) is 1. The van der Waals surface area contributed by atoms with E-state index in [0.717, 1.165) is 18.5 Å². The minimum atomic E-state index is -0.311. The number of methoxy groups -OCH3 is 1. The molecule has 0 saturated heterocycles. The summed E-state index contributed by atoms with van der Waals surface area (Å²) in [4.78, 5) is 11.2. The van der Waals surface area contributed by atoms with Gasteiger partial charge in [-0.25, -0.2) is 4.98 Å². The van der Waals surface area contributed by atoms with E-state index < -0.39 is 0 Å². The first-order valence-electron chi connectivity index (χ1n) is 5.84. The maximum absolute atomic E-state index is 5.99. The van der Waals surface area contributed by atoms with Gasteiger partial charge < -0.3 is 20.0 Å². The second-order valence-electron chi connectivity index (χ2n) is 4.03. The highest BCUT2D eigenvalue weighted by Crippen LogP contribution is 2.13. The zero-order valence-corrected chi connectivity index (χ0v) is 10.3. The maximum atomic E-state index is 5.99. The normalized spacial score (nSPS) is 12.8. The van der Waals surface area contributed by atoms with Gasteiger partial charge >= 0.3 is 0 Å². The Morgan fingerprint density at radius 2 is 2.44 bits per heavy atom. The molecule has 3 N–H and O–H groups in total. The van der Waals surface area contributed by atoms with Gasteiger partial charge in [0, 0.05) is 38.4 Å². The number of rotatable bonds is 7. The lowest BCUT2D eigenvalue weighted by Crippen LogP contribution is -2.14. The van der Waals surface area contributed by atoms with Crippen molar-refractivity contribution in [2.75, 3.05) is 13.7 Å². The van der Waals surface area contributed by atoms with Crippen LogP contribution in [-0.4, -0.2) is 33.8 Å². The number of ether oxygens (including phenoxy) is 1. The van der Waals surface area contributed by atoms with Gasteiger partial charge in [0.2, 0.25) is 5.89 Å². The minimum absolute atomic E-state index is 0.311. The van der Waals surface area contributed by atoms with Gasteiger partial charge in [-0.1, -0.05) is 5.16 Å². The Morgan fingerprint density at radius 1 is 1.56 bits per heavy atom. The average molecular weight is 251 g/mol. The van der Waals surface area contributed by atoms with E-state index in [4.69, 9.17) is 15.0 Å². The topological polar surface area (TPSA) is 103 Å². The van der Waals surface area contributed by atoms with Crippen molar-refractivity contribution in [3.8, 4) is 0 Å². The number of aryl methyl sites for hydroxylation is 1. The molecule has 0 saturated carbocycles. The Labute approximate surface area is 105 Å². The summed E-state index contributed by atoms with van der Waals surface area (Å²) in [5.41, 5.74) is 6.93. The summed E-state index contributed by atoms with van der Waals surface area (Å²) in [5, 5.41) is 3.89. The van der Waals surface area contributed by atoms with Crippen molar-refractivity contribution >= 4 is 0 Å². The zero-order chi connectivity index (χ0) is 12.8. The molecule has 2 heterocycles. The Hall–Kier alpha value is -1.73. The molecule has 2 aromatic heterocycles. The van der Waals surface area contributed by atoms with Gasteiger partial charge in [0.05, 0.1) is 12.4 Å². The molecule has 0 spiro atoms. The van der Waals surface area contributed by atoms with Crippen molar-refractivity contribution in [1.29, 1.82) is 0 Å². The Morgan fingerprint density at radius 3 is 3.17 bits per heavy atom. The van der Waals surface area contributed by atoms with Gasteiger partial charge in [-0.05, 0) is 6.42 Å². The molecule has 2 rings (SSSR count). The monoisotopic (exact) mass is 251 g/mol. The van der Waals surface area contributed by atoms with E-state index in [1.807, 2.05) is 0 Å². The van der Waals surface area contributed by atoms with E-state index in [-0.39, 0.29) is 6.04 Å². The molecule has 0 aliphatic rings. The van der Waals surface area contributed by atoms with Crippen LogP contribution < -0.4 is 5.73 Å². The van der Waals surface area contributed by atoms with E-state index in [9.17, 15) is 0 Å². The van der Waals surface area contributed by atoms with Crippen molar-refractivity contribution in [3.05, 3.63) is 29.9 Å². The fraction of sp³-hybridized carbons (Fsp3) is 0.545. The number of H-pyrrole nitrogens is 1. The lowest BCUT2D eigenvalue weighted by atomic mass is 10.2. The predicted octanol–water partition coefficient (Wildman–Crippen LogP) is 0.614. The SMILES string of the molecule is COCCCc1noc([C@H](N)Cc2cnc[nH]2)n1. The summed E-state index contributed by atoms with van der Waals surface area (Å²) >= 11 is 0. The largest absolute Gasteiger partial charge is 0.385 e. The minimum Gasteiger partial charge on any atom is -0.385 e. The number of hydrogen-bond acceptors (Lipinski definition) is 6. The lowest BCUT2D eigenvalue weighted by Gasteiger charge is -2.03. The summed E-state index contributed by atoms with van der Waals surface area (Å²) in [6.45, 7) is 0.685. The number of aromatic nitrogens is 4. The van der Waals surface area contributed by atoms with Crippen molar-refractivity contribution < 1.29 is 9.26 Å². The van der Waals surface area contributed by atoms with Gasteiger partial charge in [0.15, 0.2) is 5.82 Å². The summed E-state index contributed by atoms with van der Waals surface area (Å²) < 4.78 is 10.1. The summed E-state index contributed by atoms with van der Waals surface area (Å²) in [7, 11) is 1.67. The fourth-order valence-electron chi connectivity index (χ4n) is 1.61. The van der Waals surface area contributed by atoms with E-state index in [1.54, 1.807) is 19.6 Å². The molecule has 0 fully saturated rings. The molecule has 0 aliphatic carbocycles. The quantitative estimate of drug-likeness (QED) is 0.699. The molecule has 0 aliphatic heterocycles. The first-order chi connectivity index (χ1) is 8.79. The van der Waals surface area contributed by atoms with E-state index >= 15 is 0 Å². The Balaban J connectivity index is 1.88. The van der Waals surface area contributed by atoms with Gasteiger partial charge in [-0.15, -0.1) is 0 Å². The van der Waals surface area contributed by atoms with Crippen LogP contribution in [-0.2, 0) is 17.6 Å². The van der Waals surface area contributed by atoms with Crippen molar-refractivity contribution in [2.45, 2.75) is 25.3 Å². The maximum Gasteiger partial charge on any atom is 0.243 e. The lowest BCUT2D eigenvalue weighted by molar-refractivity contribution is 0.194. The highest BCUT2D eigenvalue weighted by atomic mass is 16.5. The third kappa shape index (κ3) is 3.38. The molecule has 0 amide bonds. The Bertz CT molecular complexity index is 454. The van der Waals surface area contributed by atoms with Crippen LogP contribution in [0.1, 0.15) is 29.9 Å². The van der Waals surface area contributed by atoms with Crippen molar-refractivity contribution in [1.82, 2.24) is 20.1 Å². The molecular weight excluding hydrogens is 234 g/mol. The van der Waals surface area contributed by atoms with Crippen LogP contribution in [0.2, 0.25) is 0 Å². The smallest absolute Gasteiger partial charge is 0.243 e. The van der Waals surface area contributed by atoms with E-state index in [1.165, 1.54) is 0 Å². The molecule has 0 bridgehead atoms. The standard InChI is InChI=1S/C11H17N5O2/c1-17-4-2-3-10-15-11(18-16-10)9(12)5-8-6-13-7-14-8/h6-7,9H,2-5,12H2,1H3,(H,13,14)/t9-/m1/s1. The molecule has 0 aromatic carbocycles. The molecule has 18 heavy (non-hydrogen) atoms. The first-order valence-corrected chi connectivity index (χ1v) is 5.84. The third-order valence-corrected chi connectivity index (χ3v) is 2.54. The van der Waals surface area contributed by atoms with Crippen molar-refractivity contribution in [3.63, 3.8) is 0 Å². The van der Waals surface area contributed by atoms with Crippen LogP contribution in [0.4, 0.5) is 0 Å². The van der Waals surface area contributed by atoms with Crippen LogP contribution in [0.5, 0.6) is 0 Å². The number of aromatic amines is 1.